The van der Waals surface area contributed by atoms with E-state index in [2.05, 4.69) is 0 Å². The van der Waals surface area contributed by atoms with E-state index in [-0.39, 0.29) is 6.09 Å². The van der Waals surface area contributed by atoms with Crippen molar-refractivity contribution in [2.45, 2.75) is 32.3 Å². The van der Waals surface area contributed by atoms with Crippen molar-refractivity contribution in [1.29, 1.82) is 0 Å². The van der Waals surface area contributed by atoms with Crippen LogP contribution in [0.5, 0.6) is 0 Å². The predicted molar refractivity (Wildman–Crippen MR) is 103 cm³/mol. The van der Waals surface area contributed by atoms with Gasteiger partial charge in [-0.1, -0.05) is 42.5 Å². The lowest BCUT2D eigenvalue weighted by atomic mass is 9.90. The fourth-order valence-corrected chi connectivity index (χ4v) is 3.40. The van der Waals surface area contributed by atoms with Gasteiger partial charge in [0.05, 0.1) is 5.56 Å². The molecule has 0 saturated carbocycles. The molecule has 0 aromatic heterocycles. The van der Waals surface area contributed by atoms with E-state index in [0.717, 1.165) is 49.9 Å². The molecular weight excluding hydrogens is 342 g/mol. The van der Waals surface area contributed by atoms with Crippen LogP contribution in [-0.2, 0) is 17.8 Å². The van der Waals surface area contributed by atoms with Gasteiger partial charge in [-0.2, -0.15) is 0 Å². The number of piperidine rings is 1. The fraction of sp³-hybridized carbons (Fsp3) is 0.364. The molecule has 0 atom stereocenters. The molecule has 2 aromatic rings. The first kappa shape index (κ1) is 19.0. The highest BCUT2D eigenvalue weighted by Crippen LogP contribution is 2.23. The van der Waals surface area contributed by atoms with Crippen molar-refractivity contribution >= 4 is 12.1 Å². The molecule has 0 aliphatic carbocycles. The molecule has 0 unspecified atom stereocenters. The molecule has 1 N–H and O–H groups in total. The Morgan fingerprint density at radius 3 is 2.26 bits per heavy atom. The molecule has 27 heavy (non-hydrogen) atoms. The molecule has 1 aliphatic heterocycles. The van der Waals surface area contributed by atoms with Crippen LogP contribution in [0.2, 0.25) is 0 Å². The number of carboxylic acid groups (broad SMARTS) is 1. The van der Waals surface area contributed by atoms with Crippen LogP contribution >= 0.6 is 0 Å². The monoisotopic (exact) mass is 367 g/mol. The number of hydrogen-bond donors (Lipinski definition) is 1. The summed E-state index contributed by atoms with van der Waals surface area (Å²) in [6, 6.07) is 16.8. The van der Waals surface area contributed by atoms with Gasteiger partial charge in [-0.3, -0.25) is 0 Å². The van der Waals surface area contributed by atoms with Gasteiger partial charge < -0.3 is 14.7 Å². The third kappa shape index (κ3) is 5.58. The quantitative estimate of drug-likeness (QED) is 0.823. The van der Waals surface area contributed by atoms with Crippen LogP contribution in [-0.4, -0.2) is 35.2 Å². The molecule has 1 fully saturated rings. The molecule has 1 amide bonds. The summed E-state index contributed by atoms with van der Waals surface area (Å²) in [5.41, 5.74) is 2.47. The molecular formula is C22H25NO4. The van der Waals surface area contributed by atoms with Crippen LogP contribution in [0.1, 0.15) is 40.7 Å². The van der Waals surface area contributed by atoms with Gasteiger partial charge in [-0.05, 0) is 54.9 Å². The normalized spacial score (nSPS) is 14.7. The van der Waals surface area contributed by atoms with Crippen LogP contribution in [0.25, 0.3) is 0 Å². The molecule has 5 heteroatoms. The Balaban J connectivity index is 1.38. The Hall–Kier alpha value is -2.82. The maximum Gasteiger partial charge on any atom is 0.410 e. The van der Waals surface area contributed by atoms with Gasteiger partial charge in [0, 0.05) is 13.1 Å². The zero-order chi connectivity index (χ0) is 19.1. The Morgan fingerprint density at radius 2 is 1.63 bits per heavy atom. The van der Waals surface area contributed by atoms with Crippen molar-refractivity contribution in [2.24, 2.45) is 5.92 Å². The molecule has 1 aliphatic rings. The summed E-state index contributed by atoms with van der Waals surface area (Å²) in [5, 5.41) is 8.94. The Labute approximate surface area is 159 Å². The van der Waals surface area contributed by atoms with E-state index in [1.165, 1.54) is 0 Å². The highest BCUT2D eigenvalue weighted by molar-refractivity contribution is 5.87. The number of nitrogens with zero attached hydrogens (tertiary/aromatic N) is 1. The number of amides is 1. The summed E-state index contributed by atoms with van der Waals surface area (Å²) in [4.78, 5) is 24.9. The van der Waals surface area contributed by atoms with Gasteiger partial charge in [-0.15, -0.1) is 0 Å². The van der Waals surface area contributed by atoms with E-state index >= 15 is 0 Å². The minimum absolute atomic E-state index is 0.235. The van der Waals surface area contributed by atoms with Crippen LogP contribution in [0.15, 0.2) is 54.6 Å². The smallest absolute Gasteiger partial charge is 0.410 e. The number of aromatic carboxylic acids is 1. The largest absolute Gasteiger partial charge is 0.478 e. The lowest BCUT2D eigenvalue weighted by Gasteiger charge is -2.31. The van der Waals surface area contributed by atoms with Crippen molar-refractivity contribution in [3.8, 4) is 0 Å². The van der Waals surface area contributed by atoms with Crippen LogP contribution in [0, 0.1) is 5.92 Å². The first-order chi connectivity index (χ1) is 13.1. The van der Waals surface area contributed by atoms with Crippen molar-refractivity contribution in [2.75, 3.05) is 13.1 Å². The summed E-state index contributed by atoms with van der Waals surface area (Å²) < 4.78 is 5.40. The number of carbonyl (C=O) groups excluding carboxylic acids is 1. The maximum absolute atomic E-state index is 12.2. The number of benzene rings is 2. The van der Waals surface area contributed by atoms with Crippen molar-refractivity contribution in [3.63, 3.8) is 0 Å². The van der Waals surface area contributed by atoms with Crippen LogP contribution < -0.4 is 0 Å². The zero-order valence-corrected chi connectivity index (χ0v) is 15.3. The molecule has 2 aromatic carbocycles. The molecule has 142 valence electrons. The Morgan fingerprint density at radius 1 is 0.963 bits per heavy atom. The maximum atomic E-state index is 12.2. The molecule has 1 heterocycles. The summed E-state index contributed by atoms with van der Waals surface area (Å²) in [6.45, 7) is 1.78. The molecule has 0 radical (unpaired) electrons. The highest BCUT2D eigenvalue weighted by Gasteiger charge is 2.23. The topological polar surface area (TPSA) is 66.8 Å². The van der Waals surface area contributed by atoms with Gasteiger partial charge in [-0.25, -0.2) is 9.59 Å². The second-order valence-electron chi connectivity index (χ2n) is 7.01. The standard InChI is InChI=1S/C22H25NO4/c24-21(25)20-10-8-17(9-11-20)6-7-18-12-14-23(15-13-18)22(26)27-16-19-4-2-1-3-5-19/h1-5,8-11,18H,6-7,12-16H2,(H,24,25). The van der Waals surface area contributed by atoms with Crippen molar-refractivity contribution < 1.29 is 19.4 Å². The third-order valence-corrected chi connectivity index (χ3v) is 5.12. The van der Waals surface area contributed by atoms with Gasteiger partial charge >= 0.3 is 12.1 Å². The summed E-state index contributed by atoms with van der Waals surface area (Å²) in [7, 11) is 0. The third-order valence-electron chi connectivity index (χ3n) is 5.12. The average Bonchev–Trinajstić information content (AvgIpc) is 2.72. The summed E-state index contributed by atoms with van der Waals surface area (Å²) in [6.07, 6.45) is 3.71. The lowest BCUT2D eigenvalue weighted by Crippen LogP contribution is -2.38. The van der Waals surface area contributed by atoms with Crippen LogP contribution in [0.4, 0.5) is 4.79 Å². The average molecular weight is 367 g/mol. The highest BCUT2D eigenvalue weighted by atomic mass is 16.6. The number of likely N-dealkylation sites (tertiary alicyclic amines) is 1. The number of carboxylic acids is 1. The number of hydrogen-bond acceptors (Lipinski definition) is 3. The molecule has 0 bridgehead atoms. The second-order valence-corrected chi connectivity index (χ2v) is 7.01. The first-order valence-electron chi connectivity index (χ1n) is 9.39. The minimum atomic E-state index is -0.895. The molecule has 0 spiro atoms. The van der Waals surface area contributed by atoms with E-state index in [1.54, 1.807) is 17.0 Å². The van der Waals surface area contributed by atoms with Crippen molar-refractivity contribution in [1.82, 2.24) is 4.90 Å². The predicted octanol–water partition coefficient (Wildman–Crippen LogP) is 4.37. The van der Waals surface area contributed by atoms with E-state index in [0.29, 0.717) is 18.1 Å². The lowest BCUT2D eigenvalue weighted by molar-refractivity contribution is 0.0696. The molecule has 3 rings (SSSR count). The molecule has 5 nitrogen and oxygen atoms in total. The SMILES string of the molecule is O=C(O)c1ccc(CCC2CCN(C(=O)OCc3ccccc3)CC2)cc1. The number of aryl methyl sites for hydroxylation is 1. The van der Waals surface area contributed by atoms with E-state index in [4.69, 9.17) is 9.84 Å². The van der Waals surface area contributed by atoms with Gasteiger partial charge in [0.25, 0.3) is 0 Å². The zero-order valence-electron chi connectivity index (χ0n) is 15.3. The number of rotatable bonds is 6. The number of ether oxygens (including phenoxy) is 1. The molecule has 1 saturated heterocycles. The van der Waals surface area contributed by atoms with E-state index in [1.807, 2.05) is 42.5 Å². The van der Waals surface area contributed by atoms with Gasteiger partial charge in [0.15, 0.2) is 0 Å². The Kier molecular flexibility index (Phi) is 6.47. The summed E-state index contributed by atoms with van der Waals surface area (Å²) in [5.74, 6) is -0.310. The minimum Gasteiger partial charge on any atom is -0.478 e. The van der Waals surface area contributed by atoms with E-state index < -0.39 is 5.97 Å². The Bertz CT molecular complexity index is 750. The van der Waals surface area contributed by atoms with Gasteiger partial charge in [0.1, 0.15) is 6.61 Å². The van der Waals surface area contributed by atoms with Crippen molar-refractivity contribution in [3.05, 3.63) is 71.3 Å². The van der Waals surface area contributed by atoms with Crippen LogP contribution in [0.3, 0.4) is 0 Å². The van der Waals surface area contributed by atoms with Gasteiger partial charge in [0.2, 0.25) is 0 Å². The first-order valence-corrected chi connectivity index (χ1v) is 9.39. The second kappa shape index (κ2) is 9.21. The summed E-state index contributed by atoms with van der Waals surface area (Å²) >= 11 is 0. The van der Waals surface area contributed by atoms with E-state index in [9.17, 15) is 9.59 Å². The fourth-order valence-electron chi connectivity index (χ4n) is 3.40. The number of carbonyl (C=O) groups is 2.